The molecule has 32 heavy (non-hydrogen) atoms. The molecule has 0 aliphatic rings. The molecule has 170 valence electrons. The molecule has 1 heterocycles. The molecule has 1 unspecified atom stereocenters. The van der Waals surface area contributed by atoms with Crippen LogP contribution in [0.25, 0.3) is 11.5 Å². The average molecular weight is 458 g/mol. The smallest absolute Gasteiger partial charge is 0.347 e. The van der Waals surface area contributed by atoms with Crippen LogP contribution in [-0.4, -0.2) is 26.8 Å². The van der Waals surface area contributed by atoms with Crippen LogP contribution in [0.15, 0.2) is 52.9 Å². The van der Waals surface area contributed by atoms with Gasteiger partial charge < -0.3 is 19.4 Å². The van der Waals surface area contributed by atoms with Gasteiger partial charge in [-0.05, 0) is 56.5 Å². The van der Waals surface area contributed by atoms with Crippen LogP contribution in [0.4, 0.5) is 0 Å². The van der Waals surface area contributed by atoms with Crippen LogP contribution in [0.5, 0.6) is 5.75 Å². The van der Waals surface area contributed by atoms with Gasteiger partial charge in [0.15, 0.2) is 5.60 Å². The summed E-state index contributed by atoms with van der Waals surface area (Å²) >= 11 is 6.29. The third-order valence-corrected chi connectivity index (χ3v) is 5.49. The van der Waals surface area contributed by atoms with Gasteiger partial charge in [0.25, 0.3) is 0 Å². The number of carboxylic acids is 1. The van der Waals surface area contributed by atoms with Crippen LogP contribution in [-0.2, 0) is 11.2 Å². The van der Waals surface area contributed by atoms with Crippen molar-refractivity contribution >= 4 is 17.6 Å². The molecular formula is C25H28ClNO5. The molecule has 7 heteroatoms. The first-order chi connectivity index (χ1) is 15.1. The molecule has 0 aliphatic carbocycles. The molecule has 3 rings (SSSR count). The van der Waals surface area contributed by atoms with Gasteiger partial charge in [-0.2, -0.15) is 0 Å². The predicted molar refractivity (Wildman–Crippen MR) is 123 cm³/mol. The fourth-order valence-corrected chi connectivity index (χ4v) is 3.50. The lowest BCUT2D eigenvalue weighted by atomic mass is 10.0. The number of aromatic nitrogens is 1. The van der Waals surface area contributed by atoms with Crippen LogP contribution in [0.2, 0.25) is 5.02 Å². The lowest BCUT2D eigenvalue weighted by molar-refractivity contribution is -0.152. The number of ether oxygens (including phenoxy) is 1. The molecule has 0 saturated carbocycles. The van der Waals surface area contributed by atoms with Crippen molar-refractivity contribution in [1.82, 2.24) is 4.98 Å². The molecule has 0 fully saturated rings. The number of carboxylic acid groups (broad SMARTS) is 1. The zero-order chi connectivity index (χ0) is 23.5. The molecule has 6 nitrogen and oxygen atoms in total. The maximum Gasteiger partial charge on any atom is 0.347 e. The highest BCUT2D eigenvalue weighted by atomic mass is 35.5. The monoisotopic (exact) mass is 457 g/mol. The minimum Gasteiger partial charge on any atom is -0.478 e. The van der Waals surface area contributed by atoms with Crippen LogP contribution in [0.1, 0.15) is 63.2 Å². The van der Waals surface area contributed by atoms with Crippen molar-refractivity contribution in [3.05, 3.63) is 70.6 Å². The summed E-state index contributed by atoms with van der Waals surface area (Å²) in [4.78, 5) is 15.9. The second kappa shape index (κ2) is 9.76. The first-order valence-electron chi connectivity index (χ1n) is 10.5. The largest absolute Gasteiger partial charge is 0.478 e. The van der Waals surface area contributed by atoms with E-state index in [9.17, 15) is 15.0 Å². The highest BCUT2D eigenvalue weighted by molar-refractivity contribution is 6.33. The number of rotatable bonds is 9. The molecule has 2 aromatic carbocycles. The number of carbonyl (C=O) groups is 1. The Hall–Kier alpha value is -2.83. The van der Waals surface area contributed by atoms with E-state index in [2.05, 4.69) is 4.98 Å². The third-order valence-electron chi connectivity index (χ3n) is 5.16. The van der Waals surface area contributed by atoms with E-state index in [1.807, 2.05) is 32.0 Å². The van der Waals surface area contributed by atoms with Crippen molar-refractivity contribution < 1.29 is 24.2 Å². The van der Waals surface area contributed by atoms with Gasteiger partial charge in [-0.1, -0.05) is 49.7 Å². The number of hydrogen-bond acceptors (Lipinski definition) is 5. The lowest BCUT2D eigenvalue weighted by Gasteiger charge is -2.21. The Morgan fingerprint density at radius 3 is 2.41 bits per heavy atom. The number of benzene rings is 2. The third kappa shape index (κ3) is 5.50. The van der Waals surface area contributed by atoms with Crippen LogP contribution < -0.4 is 4.74 Å². The van der Waals surface area contributed by atoms with Crippen molar-refractivity contribution in [2.45, 2.75) is 58.2 Å². The number of halogens is 1. The van der Waals surface area contributed by atoms with E-state index in [0.717, 1.165) is 17.0 Å². The summed E-state index contributed by atoms with van der Waals surface area (Å²) in [6.45, 7) is 7.04. The zero-order valence-electron chi connectivity index (χ0n) is 18.6. The summed E-state index contributed by atoms with van der Waals surface area (Å²) in [7, 11) is 0. The van der Waals surface area contributed by atoms with E-state index in [1.165, 1.54) is 13.8 Å². The lowest BCUT2D eigenvalue weighted by Crippen LogP contribution is -2.37. The summed E-state index contributed by atoms with van der Waals surface area (Å²) in [6.07, 6.45) is 0.277. The van der Waals surface area contributed by atoms with E-state index >= 15 is 0 Å². The summed E-state index contributed by atoms with van der Waals surface area (Å²) in [5, 5.41) is 20.4. The zero-order valence-corrected chi connectivity index (χ0v) is 19.4. The van der Waals surface area contributed by atoms with Gasteiger partial charge in [0.2, 0.25) is 5.89 Å². The van der Waals surface area contributed by atoms with Crippen molar-refractivity contribution in [3.8, 4) is 17.2 Å². The Labute approximate surface area is 192 Å². The second-order valence-electron chi connectivity index (χ2n) is 8.51. The maximum atomic E-state index is 11.2. The molecule has 1 atom stereocenters. The van der Waals surface area contributed by atoms with E-state index in [1.54, 1.807) is 30.3 Å². The Morgan fingerprint density at radius 1 is 1.16 bits per heavy atom. The Bertz CT molecular complexity index is 1070. The number of aryl methyl sites for hydroxylation is 1. The van der Waals surface area contributed by atoms with Gasteiger partial charge in [-0.25, -0.2) is 9.78 Å². The highest BCUT2D eigenvalue weighted by Gasteiger charge is 2.29. The Kier molecular flexibility index (Phi) is 7.26. The number of hydrogen-bond donors (Lipinski definition) is 2. The van der Waals surface area contributed by atoms with Gasteiger partial charge in [-0.15, -0.1) is 0 Å². The maximum absolute atomic E-state index is 11.2. The summed E-state index contributed by atoms with van der Waals surface area (Å²) in [5.74, 6) is 0.778. The normalized spacial score (nSPS) is 12.7. The molecule has 0 saturated heterocycles. The molecule has 0 amide bonds. The molecule has 2 N–H and O–H groups in total. The molecule has 1 aromatic heterocycles. The van der Waals surface area contributed by atoms with Crippen molar-refractivity contribution in [2.75, 3.05) is 0 Å². The van der Waals surface area contributed by atoms with E-state index in [-0.39, 0.29) is 5.92 Å². The standard InChI is InChI=1S/C25H28ClNO5/c1-15(2)22-20(27-23(31-22)18-7-5-6-8-19(18)26)13-14-21(28)16-9-11-17(12-10-16)32-25(3,4)24(29)30/h5-12,15,21,28H,13-14H2,1-4H3,(H,29,30). The number of aliphatic hydroxyl groups is 1. The summed E-state index contributed by atoms with van der Waals surface area (Å²) in [5.41, 5.74) is 0.922. The van der Waals surface area contributed by atoms with Crippen molar-refractivity contribution in [3.63, 3.8) is 0 Å². The molecule has 0 spiro atoms. The molecular weight excluding hydrogens is 430 g/mol. The van der Waals surface area contributed by atoms with Crippen LogP contribution >= 0.6 is 11.6 Å². The predicted octanol–water partition coefficient (Wildman–Crippen LogP) is 6.03. The SMILES string of the molecule is CC(C)c1oc(-c2ccccc2Cl)nc1CCC(O)c1ccc(OC(C)(C)C(=O)O)cc1. The number of aliphatic carboxylic acids is 1. The topological polar surface area (TPSA) is 92.8 Å². The van der Waals surface area contributed by atoms with Gasteiger partial charge in [0.1, 0.15) is 11.5 Å². The quantitative estimate of drug-likeness (QED) is 0.407. The fraction of sp³-hybridized carbons (Fsp3) is 0.360. The van der Waals surface area contributed by atoms with Gasteiger partial charge in [0, 0.05) is 5.92 Å². The van der Waals surface area contributed by atoms with Crippen LogP contribution in [0.3, 0.4) is 0 Å². The van der Waals surface area contributed by atoms with Crippen molar-refractivity contribution in [1.29, 1.82) is 0 Å². The van der Waals surface area contributed by atoms with Gasteiger partial charge in [-0.3, -0.25) is 0 Å². The molecule has 0 radical (unpaired) electrons. The minimum absolute atomic E-state index is 0.139. The van der Waals surface area contributed by atoms with E-state index < -0.39 is 17.7 Å². The summed E-state index contributed by atoms with van der Waals surface area (Å²) < 4.78 is 11.5. The first-order valence-corrected chi connectivity index (χ1v) is 10.9. The van der Waals surface area contributed by atoms with E-state index in [0.29, 0.717) is 35.1 Å². The van der Waals surface area contributed by atoms with Gasteiger partial charge >= 0.3 is 5.97 Å². The Balaban J connectivity index is 1.71. The van der Waals surface area contributed by atoms with Crippen molar-refractivity contribution in [2.24, 2.45) is 0 Å². The number of aliphatic hydroxyl groups excluding tert-OH is 1. The number of nitrogens with zero attached hydrogens (tertiary/aromatic N) is 1. The van der Waals surface area contributed by atoms with Gasteiger partial charge in [0.05, 0.1) is 22.4 Å². The minimum atomic E-state index is -1.33. The van der Waals surface area contributed by atoms with E-state index in [4.69, 9.17) is 20.8 Å². The van der Waals surface area contributed by atoms with Crippen LogP contribution in [0, 0.1) is 0 Å². The Morgan fingerprint density at radius 2 is 1.81 bits per heavy atom. The molecule has 0 aliphatic heterocycles. The fourth-order valence-electron chi connectivity index (χ4n) is 3.28. The first kappa shape index (κ1) is 23.8. The second-order valence-corrected chi connectivity index (χ2v) is 8.91. The average Bonchev–Trinajstić information content (AvgIpc) is 3.17. The summed E-state index contributed by atoms with van der Waals surface area (Å²) in [6, 6.07) is 14.2. The molecule has 3 aromatic rings. The molecule has 0 bridgehead atoms. The highest BCUT2D eigenvalue weighted by Crippen LogP contribution is 2.33. The number of oxazole rings is 1.